The molecule has 0 spiro atoms. The first-order valence-corrected chi connectivity index (χ1v) is 10.4. The average Bonchev–Trinajstić information content (AvgIpc) is 2.61. The Kier molecular flexibility index (Phi) is 7.39. The minimum atomic E-state index is -4.04. The van der Waals surface area contributed by atoms with Crippen molar-refractivity contribution in [3.8, 4) is 0 Å². The Morgan fingerprint density at radius 3 is 1.26 bits per heavy atom. The molecular weight excluding hydrogens is 406 g/mol. The van der Waals surface area contributed by atoms with Crippen LogP contribution in [-0.4, -0.2) is 43.3 Å². The van der Waals surface area contributed by atoms with Gasteiger partial charge in [0.1, 0.15) is 11.6 Å². The number of hydrogen-bond donors (Lipinski definition) is 0. The van der Waals surface area contributed by atoms with Gasteiger partial charge in [-0.3, -0.25) is 8.37 Å². The normalized spacial score (nSPS) is 12.2. The van der Waals surface area contributed by atoms with Crippen LogP contribution in [0.15, 0.2) is 58.3 Å². The van der Waals surface area contributed by atoms with Crippen LogP contribution in [0.3, 0.4) is 0 Å². The van der Waals surface area contributed by atoms with Gasteiger partial charge in [-0.05, 0) is 48.5 Å². The molecule has 0 aliphatic carbocycles. The maximum absolute atomic E-state index is 12.8. The van der Waals surface area contributed by atoms with Crippen LogP contribution in [0.1, 0.15) is 0 Å². The fraction of sp³-hybridized carbons (Fsp3) is 0.250. The molecule has 0 aromatic heterocycles. The summed E-state index contributed by atoms with van der Waals surface area (Å²) in [7, 11) is -8.07. The lowest BCUT2D eigenvalue weighted by molar-refractivity contribution is 0.0794. The van der Waals surface area contributed by atoms with Crippen LogP contribution in [0, 0.1) is 11.6 Å². The predicted molar refractivity (Wildman–Crippen MR) is 89.9 cm³/mol. The van der Waals surface area contributed by atoms with Crippen LogP contribution in [0.25, 0.3) is 0 Å². The van der Waals surface area contributed by atoms with Crippen molar-refractivity contribution in [2.75, 3.05) is 26.4 Å². The second kappa shape index (κ2) is 9.33. The van der Waals surface area contributed by atoms with Gasteiger partial charge in [0.15, 0.2) is 0 Å². The first-order valence-electron chi connectivity index (χ1n) is 7.58. The molecule has 0 aliphatic rings. The van der Waals surface area contributed by atoms with E-state index in [0.29, 0.717) is 0 Å². The van der Waals surface area contributed by atoms with E-state index in [-0.39, 0.29) is 36.2 Å². The van der Waals surface area contributed by atoms with Gasteiger partial charge in [0.25, 0.3) is 20.2 Å². The molecule has 0 saturated heterocycles. The van der Waals surface area contributed by atoms with Crippen molar-refractivity contribution < 1.29 is 38.7 Å². The van der Waals surface area contributed by atoms with E-state index in [9.17, 15) is 25.6 Å². The lowest BCUT2D eigenvalue weighted by atomic mass is 10.4. The summed E-state index contributed by atoms with van der Waals surface area (Å²) in [6, 6.07) is 8.24. The van der Waals surface area contributed by atoms with Gasteiger partial charge in [-0.25, -0.2) is 8.78 Å². The van der Waals surface area contributed by atoms with Crippen molar-refractivity contribution in [1.82, 2.24) is 0 Å². The maximum Gasteiger partial charge on any atom is 0.297 e. The monoisotopic (exact) mass is 422 g/mol. The van der Waals surface area contributed by atoms with Gasteiger partial charge >= 0.3 is 0 Å². The molecule has 0 radical (unpaired) electrons. The molecule has 148 valence electrons. The van der Waals surface area contributed by atoms with E-state index in [0.717, 1.165) is 48.5 Å². The van der Waals surface area contributed by atoms with Gasteiger partial charge in [0.2, 0.25) is 0 Å². The molecule has 0 bridgehead atoms. The predicted octanol–water partition coefficient (Wildman–Crippen LogP) is 2.09. The molecule has 0 N–H and O–H groups in total. The number of ether oxygens (including phenoxy) is 1. The van der Waals surface area contributed by atoms with Crippen molar-refractivity contribution in [3.05, 3.63) is 60.2 Å². The average molecular weight is 422 g/mol. The highest BCUT2D eigenvalue weighted by Gasteiger charge is 2.16. The summed E-state index contributed by atoms with van der Waals surface area (Å²) < 4.78 is 87.3. The molecular formula is C16H16F2O7S2. The molecule has 0 fully saturated rings. The summed E-state index contributed by atoms with van der Waals surface area (Å²) in [6.45, 7) is -0.907. The van der Waals surface area contributed by atoms with Gasteiger partial charge in [0.05, 0.1) is 36.2 Å². The molecule has 2 aromatic rings. The topological polar surface area (TPSA) is 96.0 Å². The molecule has 11 heteroatoms. The van der Waals surface area contributed by atoms with Crippen LogP contribution >= 0.6 is 0 Å². The molecule has 2 rings (SSSR count). The lowest BCUT2D eigenvalue weighted by Gasteiger charge is -2.08. The van der Waals surface area contributed by atoms with Gasteiger partial charge in [-0.1, -0.05) is 0 Å². The number of hydrogen-bond acceptors (Lipinski definition) is 7. The zero-order chi connectivity index (χ0) is 19.9. The summed E-state index contributed by atoms with van der Waals surface area (Å²) in [4.78, 5) is -0.393. The Bertz CT molecular complexity index is 862. The zero-order valence-corrected chi connectivity index (χ0v) is 15.5. The van der Waals surface area contributed by atoms with E-state index >= 15 is 0 Å². The molecule has 0 saturated carbocycles. The van der Waals surface area contributed by atoms with Crippen molar-refractivity contribution in [1.29, 1.82) is 0 Å². The van der Waals surface area contributed by atoms with Gasteiger partial charge in [0, 0.05) is 0 Å². The molecule has 0 unspecified atom stereocenters. The Morgan fingerprint density at radius 1 is 0.593 bits per heavy atom. The molecule has 2 aromatic carbocycles. The first kappa shape index (κ1) is 21.4. The molecule has 27 heavy (non-hydrogen) atoms. The Labute approximate surface area is 155 Å². The van der Waals surface area contributed by atoms with Crippen LogP contribution in [-0.2, 0) is 33.3 Å². The molecule has 0 aliphatic heterocycles. The largest absolute Gasteiger partial charge is 0.377 e. The van der Waals surface area contributed by atoms with Gasteiger partial charge in [-0.15, -0.1) is 0 Å². The summed E-state index contributed by atoms with van der Waals surface area (Å²) in [5.74, 6) is -1.15. The van der Waals surface area contributed by atoms with Crippen molar-refractivity contribution in [2.24, 2.45) is 0 Å². The number of benzene rings is 2. The van der Waals surface area contributed by atoms with E-state index in [1.165, 1.54) is 0 Å². The van der Waals surface area contributed by atoms with Crippen LogP contribution in [0.4, 0.5) is 8.78 Å². The van der Waals surface area contributed by atoms with E-state index in [2.05, 4.69) is 0 Å². The molecule has 7 nitrogen and oxygen atoms in total. The molecule has 0 amide bonds. The third-order valence-electron chi connectivity index (χ3n) is 3.14. The highest BCUT2D eigenvalue weighted by atomic mass is 32.2. The smallest absolute Gasteiger partial charge is 0.297 e. The quantitative estimate of drug-likeness (QED) is 0.427. The third-order valence-corrected chi connectivity index (χ3v) is 5.79. The summed E-state index contributed by atoms with van der Waals surface area (Å²) in [5.41, 5.74) is 0. The minimum absolute atomic E-state index is 0.139. The van der Waals surface area contributed by atoms with Crippen LogP contribution in [0.5, 0.6) is 0 Å². The van der Waals surface area contributed by atoms with E-state index in [1.54, 1.807) is 0 Å². The van der Waals surface area contributed by atoms with Crippen LogP contribution < -0.4 is 0 Å². The second-order valence-corrected chi connectivity index (χ2v) is 8.30. The summed E-state index contributed by atoms with van der Waals surface area (Å²) in [6.07, 6.45) is 0. The van der Waals surface area contributed by atoms with Crippen molar-refractivity contribution in [2.45, 2.75) is 9.79 Å². The van der Waals surface area contributed by atoms with Gasteiger partial charge < -0.3 is 4.74 Å². The number of rotatable bonds is 10. The summed E-state index contributed by atoms with van der Waals surface area (Å²) in [5, 5.41) is 0. The summed E-state index contributed by atoms with van der Waals surface area (Å²) >= 11 is 0. The lowest BCUT2D eigenvalue weighted by Crippen LogP contribution is -2.15. The highest BCUT2D eigenvalue weighted by molar-refractivity contribution is 7.87. The van der Waals surface area contributed by atoms with Crippen molar-refractivity contribution >= 4 is 20.2 Å². The standard InChI is InChI=1S/C16H16F2O7S2/c17-13-1-5-15(6-2-13)26(19,20)24-11-9-23-10-12-25-27(21,22)16-7-3-14(18)4-8-16/h1-8H,9-12H2. The highest BCUT2D eigenvalue weighted by Crippen LogP contribution is 2.14. The maximum atomic E-state index is 12.8. The first-order chi connectivity index (χ1) is 12.7. The van der Waals surface area contributed by atoms with Crippen molar-refractivity contribution in [3.63, 3.8) is 0 Å². The van der Waals surface area contributed by atoms with E-state index in [1.807, 2.05) is 0 Å². The Hall–Kier alpha value is -1.92. The second-order valence-electron chi connectivity index (χ2n) is 5.07. The molecule has 0 heterocycles. The van der Waals surface area contributed by atoms with Gasteiger partial charge in [-0.2, -0.15) is 16.8 Å². The molecule has 0 atom stereocenters. The third kappa shape index (κ3) is 6.63. The zero-order valence-electron chi connectivity index (χ0n) is 13.9. The fourth-order valence-corrected chi connectivity index (χ4v) is 3.63. The number of halogens is 2. The Balaban J connectivity index is 1.68. The van der Waals surface area contributed by atoms with Crippen LogP contribution in [0.2, 0.25) is 0 Å². The Morgan fingerprint density at radius 2 is 0.926 bits per heavy atom. The SMILES string of the molecule is O=S(=O)(OCCOCCOS(=O)(=O)c1ccc(F)cc1)c1ccc(F)cc1. The minimum Gasteiger partial charge on any atom is -0.377 e. The fourth-order valence-electron chi connectivity index (χ4n) is 1.85. The van der Waals surface area contributed by atoms with E-state index in [4.69, 9.17) is 13.1 Å². The van der Waals surface area contributed by atoms with E-state index < -0.39 is 31.9 Å².